The summed E-state index contributed by atoms with van der Waals surface area (Å²) in [5, 5.41) is 12.5. The molecule has 2 aromatic rings. The van der Waals surface area contributed by atoms with Crippen molar-refractivity contribution in [1.29, 1.82) is 5.26 Å². The van der Waals surface area contributed by atoms with Gasteiger partial charge >= 0.3 is 0 Å². The molecule has 1 N–H and O–H groups in total. The van der Waals surface area contributed by atoms with E-state index in [1.165, 1.54) is 23.5 Å². The number of benzene rings is 1. The predicted molar refractivity (Wildman–Crippen MR) is 99.7 cm³/mol. The fraction of sp³-hybridized carbons (Fsp3) is 0.250. The van der Waals surface area contributed by atoms with Crippen LogP contribution in [0.25, 0.3) is 0 Å². The molecule has 0 amide bonds. The van der Waals surface area contributed by atoms with E-state index < -0.39 is 5.92 Å². The van der Waals surface area contributed by atoms with E-state index in [0.29, 0.717) is 10.7 Å². The first-order chi connectivity index (χ1) is 12.2. The zero-order valence-electron chi connectivity index (χ0n) is 14.6. The molecule has 0 radical (unpaired) electrons. The number of alkyl halides is 2. The molecule has 0 spiro atoms. The molecule has 0 aliphatic carbocycles. The molecule has 1 fully saturated rings. The number of thiophene rings is 1. The highest BCUT2D eigenvalue weighted by atomic mass is 32.1. The first-order valence-corrected chi connectivity index (χ1v) is 8.90. The minimum atomic E-state index is -2.87. The van der Waals surface area contributed by atoms with E-state index in [2.05, 4.69) is 24.5 Å². The summed E-state index contributed by atoms with van der Waals surface area (Å²) in [6, 6.07) is 12.0. The molecule has 0 bridgehead atoms. The number of hydrogen-bond acceptors (Lipinski definition) is 4. The molecule has 1 saturated heterocycles. The maximum atomic E-state index is 13.5. The van der Waals surface area contributed by atoms with Crippen LogP contribution in [-0.4, -0.2) is 11.9 Å². The Bertz CT molecular complexity index is 887. The Labute approximate surface area is 155 Å². The molecule has 0 saturated carbocycles. The number of halogens is 2. The minimum Gasteiger partial charge on any atom is -0.363 e. The molecule has 3 nitrogen and oxygen atoms in total. The largest absolute Gasteiger partial charge is 0.363 e. The van der Waals surface area contributed by atoms with Crippen LogP contribution in [0.3, 0.4) is 0 Å². The zero-order chi connectivity index (χ0) is 19.1. The molecule has 1 aromatic carbocycles. The van der Waals surface area contributed by atoms with Gasteiger partial charge in [-0.3, -0.25) is 0 Å². The Morgan fingerprint density at radius 1 is 1.19 bits per heavy atom. The van der Waals surface area contributed by atoms with Gasteiger partial charge in [0, 0.05) is 36.0 Å². The topological polar surface area (TPSA) is 39.1 Å². The van der Waals surface area contributed by atoms with Crippen LogP contribution in [0.1, 0.15) is 39.8 Å². The van der Waals surface area contributed by atoms with Crippen molar-refractivity contribution in [2.75, 3.05) is 7.05 Å². The Balaban J connectivity index is 2.03. The molecule has 1 aromatic heterocycles. The van der Waals surface area contributed by atoms with Crippen molar-refractivity contribution in [1.82, 2.24) is 10.2 Å². The molecule has 134 valence electrons. The quantitative estimate of drug-likeness (QED) is 0.818. The summed E-state index contributed by atoms with van der Waals surface area (Å²) in [6.07, 6.45) is 0. The van der Waals surface area contributed by atoms with Gasteiger partial charge in [-0.15, -0.1) is 11.3 Å². The van der Waals surface area contributed by atoms with E-state index in [0.717, 1.165) is 23.1 Å². The van der Waals surface area contributed by atoms with Crippen molar-refractivity contribution in [3.8, 4) is 6.07 Å². The smallest absolute Gasteiger partial charge is 0.270 e. The third-order valence-corrected chi connectivity index (χ3v) is 5.74. The fourth-order valence-electron chi connectivity index (χ4n) is 3.12. The van der Waals surface area contributed by atoms with Crippen LogP contribution in [0.2, 0.25) is 0 Å². The summed E-state index contributed by atoms with van der Waals surface area (Å²) in [6.45, 7) is 9.10. The summed E-state index contributed by atoms with van der Waals surface area (Å²) in [5.41, 5.74) is 1.68. The average molecular weight is 371 g/mol. The van der Waals surface area contributed by atoms with Crippen molar-refractivity contribution in [2.24, 2.45) is 0 Å². The summed E-state index contributed by atoms with van der Waals surface area (Å²) in [4.78, 5) is 3.46. The predicted octanol–water partition coefficient (Wildman–Crippen LogP) is 5.08. The summed E-state index contributed by atoms with van der Waals surface area (Å²) in [5.74, 6) is -2.32. The van der Waals surface area contributed by atoms with Crippen molar-refractivity contribution in [3.05, 3.63) is 82.0 Å². The molecular weight excluding hydrogens is 352 g/mol. The molecule has 1 aliphatic heterocycles. The van der Waals surface area contributed by atoms with Crippen molar-refractivity contribution in [3.63, 3.8) is 0 Å². The van der Waals surface area contributed by atoms with Crippen LogP contribution in [0.4, 0.5) is 8.78 Å². The Kier molecular flexibility index (Phi) is 4.59. The van der Waals surface area contributed by atoms with Gasteiger partial charge in [0.15, 0.2) is 0 Å². The molecule has 1 aliphatic rings. The summed E-state index contributed by atoms with van der Waals surface area (Å²) < 4.78 is 27.0. The highest BCUT2D eigenvalue weighted by Crippen LogP contribution is 2.44. The SMILES string of the molecule is C=C1NC(c2ccc(C#N)s2)C(c2ccc(C(C)(F)F)cc2)C(=C)N1C. The lowest BCUT2D eigenvalue weighted by Gasteiger charge is -2.42. The summed E-state index contributed by atoms with van der Waals surface area (Å²) >= 11 is 1.41. The van der Waals surface area contributed by atoms with Gasteiger partial charge in [0.25, 0.3) is 5.92 Å². The van der Waals surface area contributed by atoms with Crippen molar-refractivity contribution >= 4 is 11.3 Å². The number of nitriles is 1. The van der Waals surface area contributed by atoms with Crippen LogP contribution in [-0.2, 0) is 5.92 Å². The van der Waals surface area contributed by atoms with Gasteiger partial charge in [-0.1, -0.05) is 37.4 Å². The van der Waals surface area contributed by atoms with E-state index in [-0.39, 0.29) is 17.5 Å². The number of nitrogens with zero attached hydrogens (tertiary/aromatic N) is 2. The maximum absolute atomic E-state index is 13.5. The number of rotatable bonds is 3. The average Bonchev–Trinajstić information content (AvgIpc) is 3.08. The minimum absolute atomic E-state index is 0.0205. The first-order valence-electron chi connectivity index (χ1n) is 8.08. The maximum Gasteiger partial charge on any atom is 0.270 e. The van der Waals surface area contributed by atoms with E-state index >= 15 is 0 Å². The monoisotopic (exact) mass is 371 g/mol. The second-order valence-corrected chi connectivity index (χ2v) is 7.54. The van der Waals surface area contributed by atoms with Crippen molar-refractivity contribution in [2.45, 2.75) is 24.8 Å². The van der Waals surface area contributed by atoms with Crippen LogP contribution in [0, 0.1) is 11.3 Å². The first kappa shape index (κ1) is 18.2. The van der Waals surface area contributed by atoms with Gasteiger partial charge in [-0.2, -0.15) is 5.26 Å². The third-order valence-electron chi connectivity index (χ3n) is 4.67. The number of nitrogens with one attached hydrogen (secondary N) is 1. The lowest BCUT2D eigenvalue weighted by atomic mass is 9.85. The fourth-order valence-corrected chi connectivity index (χ4v) is 4.01. The molecule has 26 heavy (non-hydrogen) atoms. The van der Waals surface area contributed by atoms with E-state index in [9.17, 15) is 8.78 Å². The van der Waals surface area contributed by atoms with E-state index in [1.54, 1.807) is 18.2 Å². The van der Waals surface area contributed by atoms with Crippen molar-refractivity contribution < 1.29 is 8.78 Å². The lowest BCUT2D eigenvalue weighted by molar-refractivity contribution is 0.0174. The second kappa shape index (κ2) is 6.58. The normalized spacial score (nSPS) is 20.7. The molecule has 2 heterocycles. The Morgan fingerprint density at radius 2 is 1.85 bits per heavy atom. The molecule has 3 rings (SSSR count). The molecule has 2 atom stereocenters. The Hall–Kier alpha value is -2.65. The zero-order valence-corrected chi connectivity index (χ0v) is 15.4. The third kappa shape index (κ3) is 3.23. The van der Waals surface area contributed by atoms with Gasteiger partial charge in [-0.05, 0) is 17.7 Å². The highest BCUT2D eigenvalue weighted by Gasteiger charge is 2.36. The molecular formula is C20H19F2N3S. The van der Waals surface area contributed by atoms with Gasteiger partial charge in [0.05, 0.1) is 11.9 Å². The van der Waals surface area contributed by atoms with Gasteiger partial charge in [-0.25, -0.2) is 8.78 Å². The second-order valence-electron chi connectivity index (χ2n) is 6.42. The van der Waals surface area contributed by atoms with Gasteiger partial charge < -0.3 is 10.2 Å². The number of hydrogen-bond donors (Lipinski definition) is 1. The van der Waals surface area contributed by atoms with Gasteiger partial charge in [0.1, 0.15) is 10.9 Å². The standard InChI is InChI=1S/C20H19F2N3S/c1-12-18(14-5-7-15(8-6-14)20(3,21)22)19(24-13(2)25(12)4)17-10-9-16(11-23)26-17/h5-10,18-19,24H,1-2H2,3-4H3. The summed E-state index contributed by atoms with van der Waals surface area (Å²) in [7, 11) is 1.87. The molecule has 2 unspecified atom stereocenters. The Morgan fingerprint density at radius 3 is 2.38 bits per heavy atom. The lowest BCUT2D eigenvalue weighted by Crippen LogP contribution is -2.41. The van der Waals surface area contributed by atoms with Crippen LogP contribution < -0.4 is 5.32 Å². The van der Waals surface area contributed by atoms with Crippen LogP contribution >= 0.6 is 11.3 Å². The van der Waals surface area contributed by atoms with E-state index in [1.807, 2.05) is 18.0 Å². The van der Waals surface area contributed by atoms with Crippen LogP contribution in [0.15, 0.2) is 61.1 Å². The van der Waals surface area contributed by atoms with E-state index in [4.69, 9.17) is 5.26 Å². The molecule has 6 heteroatoms. The van der Waals surface area contributed by atoms with Gasteiger partial charge in [0.2, 0.25) is 0 Å². The highest BCUT2D eigenvalue weighted by molar-refractivity contribution is 7.12. The van der Waals surface area contributed by atoms with Crippen LogP contribution in [0.5, 0.6) is 0 Å². The number of likely N-dealkylation sites (N-methyl/N-ethyl adjacent to an activating group) is 1.